The molecule has 1 heterocycles. The van der Waals surface area contributed by atoms with Gasteiger partial charge in [-0.2, -0.15) is 10.1 Å². The van der Waals surface area contributed by atoms with Gasteiger partial charge in [-0.1, -0.05) is 46.3 Å². The summed E-state index contributed by atoms with van der Waals surface area (Å²) in [4.78, 5) is 25.2. The molecule has 5 heteroatoms. The third-order valence-electron chi connectivity index (χ3n) is 3.52. The first-order chi connectivity index (χ1) is 10.6. The minimum absolute atomic E-state index is 0.225. The number of hydrogen-bond acceptors (Lipinski definition) is 3. The van der Waals surface area contributed by atoms with Crippen molar-refractivity contribution in [3.63, 3.8) is 0 Å². The molecule has 0 aliphatic carbocycles. The van der Waals surface area contributed by atoms with Gasteiger partial charge >= 0.3 is 0 Å². The predicted octanol–water partition coefficient (Wildman–Crippen LogP) is 3.67. The van der Waals surface area contributed by atoms with Crippen molar-refractivity contribution in [1.82, 2.24) is 0 Å². The van der Waals surface area contributed by atoms with Gasteiger partial charge in [-0.05, 0) is 31.2 Å². The molecule has 0 aromatic heterocycles. The molecule has 0 N–H and O–H groups in total. The fraction of sp³-hybridized carbons (Fsp3) is 0.118. The highest BCUT2D eigenvalue weighted by Gasteiger charge is 2.39. The first-order valence-electron chi connectivity index (χ1n) is 6.82. The highest BCUT2D eigenvalue weighted by atomic mass is 79.9. The van der Waals surface area contributed by atoms with E-state index in [4.69, 9.17) is 0 Å². The molecular weight excluding hydrogens is 344 g/mol. The first-order valence-corrected chi connectivity index (χ1v) is 7.61. The van der Waals surface area contributed by atoms with Gasteiger partial charge in [0.2, 0.25) is 0 Å². The second kappa shape index (κ2) is 5.85. The maximum absolute atomic E-state index is 12.6. The second-order valence-corrected chi connectivity index (χ2v) is 5.95. The number of anilines is 1. The van der Waals surface area contributed by atoms with Crippen LogP contribution in [0.3, 0.4) is 0 Å². The van der Waals surface area contributed by atoms with Crippen molar-refractivity contribution in [2.24, 2.45) is 11.0 Å². The molecule has 0 saturated heterocycles. The molecule has 0 bridgehead atoms. The Balaban J connectivity index is 1.90. The van der Waals surface area contributed by atoms with Crippen LogP contribution in [0, 0.1) is 5.92 Å². The molecule has 0 unspecified atom stereocenters. The lowest BCUT2D eigenvalue weighted by Crippen LogP contribution is -2.32. The van der Waals surface area contributed by atoms with E-state index in [0.717, 1.165) is 4.47 Å². The van der Waals surface area contributed by atoms with Gasteiger partial charge in [0.15, 0.2) is 5.78 Å². The number of para-hydroxylation sites is 1. The minimum atomic E-state index is -0.846. The van der Waals surface area contributed by atoms with Crippen LogP contribution in [-0.4, -0.2) is 17.4 Å². The van der Waals surface area contributed by atoms with Crippen LogP contribution in [0.25, 0.3) is 0 Å². The Bertz CT molecular complexity index is 754. The summed E-state index contributed by atoms with van der Waals surface area (Å²) in [5, 5.41) is 5.56. The summed E-state index contributed by atoms with van der Waals surface area (Å²) < 4.78 is 0.887. The molecule has 1 aliphatic heterocycles. The number of nitrogens with zero attached hydrogens (tertiary/aromatic N) is 2. The average Bonchev–Trinajstić information content (AvgIpc) is 2.83. The SMILES string of the molecule is CC1=NN(c2ccccc2)C(=O)[C@H]1C(=O)c1ccc(Br)cc1. The van der Waals surface area contributed by atoms with Crippen LogP contribution >= 0.6 is 15.9 Å². The highest BCUT2D eigenvalue weighted by Crippen LogP contribution is 2.26. The van der Waals surface area contributed by atoms with Crippen LogP contribution in [0.5, 0.6) is 0 Å². The molecular formula is C17H13BrN2O2. The van der Waals surface area contributed by atoms with E-state index < -0.39 is 5.92 Å². The monoisotopic (exact) mass is 356 g/mol. The lowest BCUT2D eigenvalue weighted by molar-refractivity contribution is -0.118. The Morgan fingerprint density at radius 1 is 1.09 bits per heavy atom. The summed E-state index contributed by atoms with van der Waals surface area (Å²) in [6, 6.07) is 16.1. The summed E-state index contributed by atoms with van der Waals surface area (Å²) >= 11 is 3.33. The van der Waals surface area contributed by atoms with Gasteiger partial charge in [0, 0.05) is 10.0 Å². The normalized spacial score (nSPS) is 17.5. The molecule has 3 rings (SSSR count). The molecule has 1 atom stereocenters. The molecule has 0 fully saturated rings. The van der Waals surface area contributed by atoms with Gasteiger partial charge in [-0.15, -0.1) is 0 Å². The number of carbonyl (C=O) groups excluding carboxylic acids is 2. The fourth-order valence-corrected chi connectivity index (χ4v) is 2.67. The molecule has 0 radical (unpaired) electrons. The third-order valence-corrected chi connectivity index (χ3v) is 4.05. The number of benzene rings is 2. The Labute approximate surface area is 136 Å². The largest absolute Gasteiger partial charge is 0.293 e. The fourth-order valence-electron chi connectivity index (χ4n) is 2.40. The molecule has 2 aromatic rings. The summed E-state index contributed by atoms with van der Waals surface area (Å²) in [7, 11) is 0. The third kappa shape index (κ3) is 2.60. The van der Waals surface area contributed by atoms with Crippen molar-refractivity contribution in [2.45, 2.75) is 6.92 Å². The van der Waals surface area contributed by atoms with E-state index in [2.05, 4.69) is 21.0 Å². The van der Waals surface area contributed by atoms with Gasteiger partial charge in [-0.3, -0.25) is 9.59 Å². The number of carbonyl (C=O) groups is 2. The summed E-state index contributed by atoms with van der Waals surface area (Å²) in [5.74, 6) is -1.38. The molecule has 22 heavy (non-hydrogen) atoms. The molecule has 4 nitrogen and oxygen atoms in total. The zero-order chi connectivity index (χ0) is 15.7. The van der Waals surface area contributed by atoms with E-state index in [1.54, 1.807) is 43.3 Å². The van der Waals surface area contributed by atoms with Crippen molar-refractivity contribution in [1.29, 1.82) is 0 Å². The zero-order valence-corrected chi connectivity index (χ0v) is 13.4. The maximum Gasteiger partial charge on any atom is 0.264 e. The number of hydrogen-bond donors (Lipinski definition) is 0. The van der Waals surface area contributed by atoms with Crippen molar-refractivity contribution in [2.75, 3.05) is 5.01 Å². The number of amides is 1. The minimum Gasteiger partial charge on any atom is -0.293 e. The lowest BCUT2D eigenvalue weighted by atomic mass is 9.94. The van der Waals surface area contributed by atoms with Crippen LogP contribution in [0.1, 0.15) is 17.3 Å². The number of hydrazone groups is 1. The summed E-state index contributed by atoms with van der Waals surface area (Å²) in [5.41, 5.74) is 1.69. The topological polar surface area (TPSA) is 49.7 Å². The Morgan fingerprint density at radius 3 is 2.36 bits per heavy atom. The molecule has 110 valence electrons. The Morgan fingerprint density at radius 2 is 1.73 bits per heavy atom. The van der Waals surface area contributed by atoms with Gasteiger partial charge in [0.25, 0.3) is 5.91 Å². The molecule has 1 amide bonds. The number of Topliss-reactive ketones (excluding diaryl/α,β-unsaturated/α-hetero) is 1. The second-order valence-electron chi connectivity index (χ2n) is 5.03. The van der Waals surface area contributed by atoms with Gasteiger partial charge in [-0.25, -0.2) is 0 Å². The van der Waals surface area contributed by atoms with Crippen LogP contribution in [0.4, 0.5) is 5.69 Å². The molecule has 0 spiro atoms. The van der Waals surface area contributed by atoms with E-state index in [9.17, 15) is 9.59 Å². The predicted molar refractivity (Wildman–Crippen MR) is 89.0 cm³/mol. The standard InChI is InChI=1S/C17H13BrN2O2/c1-11-15(16(21)12-7-9-13(18)10-8-12)17(22)20(19-11)14-5-3-2-4-6-14/h2-10,15H,1H3/t15-/m1/s1. The number of ketones is 1. The number of halogens is 1. The van der Waals surface area contributed by atoms with Crippen molar-refractivity contribution in [3.8, 4) is 0 Å². The van der Waals surface area contributed by atoms with Crippen molar-refractivity contribution >= 4 is 39.0 Å². The quantitative estimate of drug-likeness (QED) is 0.622. The van der Waals surface area contributed by atoms with Crippen LogP contribution in [0.15, 0.2) is 64.2 Å². The Hall–Kier alpha value is -2.27. The summed E-state index contributed by atoms with van der Waals surface area (Å²) in [6.45, 7) is 1.71. The summed E-state index contributed by atoms with van der Waals surface area (Å²) in [6.07, 6.45) is 0. The van der Waals surface area contributed by atoms with E-state index in [1.807, 2.05) is 18.2 Å². The van der Waals surface area contributed by atoms with Crippen LogP contribution < -0.4 is 5.01 Å². The maximum atomic E-state index is 12.6. The van der Waals surface area contributed by atoms with Crippen molar-refractivity contribution in [3.05, 3.63) is 64.6 Å². The van der Waals surface area contributed by atoms with Gasteiger partial charge in [0.1, 0.15) is 5.92 Å². The molecule has 2 aromatic carbocycles. The smallest absolute Gasteiger partial charge is 0.264 e. The van der Waals surface area contributed by atoms with Gasteiger partial charge in [0.05, 0.1) is 11.4 Å². The van der Waals surface area contributed by atoms with Crippen LogP contribution in [0.2, 0.25) is 0 Å². The van der Waals surface area contributed by atoms with E-state index >= 15 is 0 Å². The lowest BCUT2D eigenvalue weighted by Gasteiger charge is -2.13. The zero-order valence-electron chi connectivity index (χ0n) is 11.9. The van der Waals surface area contributed by atoms with E-state index in [-0.39, 0.29) is 11.7 Å². The van der Waals surface area contributed by atoms with E-state index in [1.165, 1.54) is 5.01 Å². The van der Waals surface area contributed by atoms with E-state index in [0.29, 0.717) is 17.0 Å². The Kier molecular flexibility index (Phi) is 3.90. The highest BCUT2D eigenvalue weighted by molar-refractivity contribution is 9.10. The molecule has 0 saturated carbocycles. The van der Waals surface area contributed by atoms with Gasteiger partial charge < -0.3 is 0 Å². The van der Waals surface area contributed by atoms with Crippen LogP contribution in [-0.2, 0) is 4.79 Å². The average molecular weight is 357 g/mol. The van der Waals surface area contributed by atoms with Crippen molar-refractivity contribution < 1.29 is 9.59 Å². The first kappa shape index (κ1) is 14.7. The molecule has 1 aliphatic rings. The number of rotatable bonds is 3.